The second kappa shape index (κ2) is 8.95. The number of hydrogen-bond acceptors (Lipinski definition) is 7. The van der Waals surface area contributed by atoms with Crippen LogP contribution in [0.3, 0.4) is 0 Å². The van der Waals surface area contributed by atoms with Crippen LogP contribution in [-0.2, 0) is 11.8 Å². The molecule has 1 saturated carbocycles. The van der Waals surface area contributed by atoms with E-state index < -0.39 is 64.7 Å². The van der Waals surface area contributed by atoms with Crippen LogP contribution in [0.15, 0.2) is 10.5 Å². The highest BCUT2D eigenvalue weighted by molar-refractivity contribution is 5.95. The van der Waals surface area contributed by atoms with Crippen molar-refractivity contribution in [2.75, 3.05) is 18.8 Å². The fourth-order valence-corrected chi connectivity index (χ4v) is 4.21. The van der Waals surface area contributed by atoms with Crippen molar-refractivity contribution in [1.29, 1.82) is 0 Å². The van der Waals surface area contributed by atoms with Gasteiger partial charge in [0.2, 0.25) is 5.60 Å². The molecule has 8 nitrogen and oxygen atoms in total. The molecule has 3 N–H and O–H groups in total. The number of halogens is 6. The van der Waals surface area contributed by atoms with Crippen LogP contribution >= 0.6 is 0 Å². The molecule has 3 heterocycles. The minimum atomic E-state index is -5.16. The Bertz CT molecular complexity index is 1100. The third-order valence-electron chi connectivity index (χ3n) is 6.47. The number of aliphatic hydroxyl groups is 1. The van der Waals surface area contributed by atoms with Gasteiger partial charge in [-0.1, -0.05) is 12.8 Å². The van der Waals surface area contributed by atoms with Crippen LogP contribution in [0, 0.1) is 5.92 Å². The van der Waals surface area contributed by atoms with Gasteiger partial charge in [-0.05, 0) is 44.1 Å². The first kappa shape index (κ1) is 25.2. The Morgan fingerprint density at radius 1 is 1.09 bits per heavy atom. The van der Waals surface area contributed by atoms with Gasteiger partial charge in [-0.2, -0.15) is 26.3 Å². The van der Waals surface area contributed by atoms with Crippen molar-refractivity contribution in [2.24, 2.45) is 5.92 Å². The molecule has 1 atom stereocenters. The smallest absolute Gasteiger partial charge is 0.416 e. The third-order valence-corrected chi connectivity index (χ3v) is 6.47. The van der Waals surface area contributed by atoms with E-state index in [0.717, 1.165) is 19.3 Å². The van der Waals surface area contributed by atoms with Crippen LogP contribution in [0.25, 0.3) is 11.6 Å². The van der Waals surface area contributed by atoms with Crippen LogP contribution in [0.4, 0.5) is 32.0 Å². The third kappa shape index (κ3) is 4.80. The van der Waals surface area contributed by atoms with Crippen LogP contribution in [0.1, 0.15) is 66.9 Å². The lowest BCUT2D eigenvalue weighted by molar-refractivity contribution is -0.277. The summed E-state index contributed by atoms with van der Waals surface area (Å²) in [6.45, 7) is 0.228. The lowest BCUT2D eigenvalue weighted by Gasteiger charge is -2.33. The quantitative estimate of drug-likeness (QED) is 0.582. The van der Waals surface area contributed by atoms with Gasteiger partial charge in [-0.25, -0.2) is 4.98 Å². The van der Waals surface area contributed by atoms with Crippen molar-refractivity contribution in [3.8, 4) is 11.6 Å². The number of alkyl halides is 6. The fourth-order valence-electron chi connectivity index (χ4n) is 4.21. The first-order valence-electron chi connectivity index (χ1n) is 11.1. The number of hydrogen-bond donors (Lipinski definition) is 2. The summed E-state index contributed by atoms with van der Waals surface area (Å²) in [6.07, 6.45) is -8.07. The summed E-state index contributed by atoms with van der Waals surface area (Å²) in [7, 11) is 0. The van der Waals surface area contributed by atoms with Crippen molar-refractivity contribution < 1.29 is 40.7 Å². The lowest BCUT2D eigenvalue weighted by atomic mass is 9.85. The molecule has 1 amide bonds. The predicted molar refractivity (Wildman–Crippen MR) is 109 cm³/mol. The molecule has 192 valence electrons. The van der Waals surface area contributed by atoms with Gasteiger partial charge < -0.3 is 20.2 Å². The fraction of sp³-hybridized carbons (Fsp3) is 0.619. The molecule has 14 heteroatoms. The second-order valence-corrected chi connectivity index (χ2v) is 8.95. The SMILES string of the molecule is Nc1cc(C(F)(F)F)c2nc1-c1nnc(o1)[C@@](O)(C(F)(F)F)CCCCCN(CC1CCC1)C2=O. The molecule has 0 unspecified atom stereocenters. The molecule has 2 aromatic rings. The Balaban J connectivity index is 1.86. The van der Waals surface area contributed by atoms with Crippen LogP contribution < -0.4 is 5.73 Å². The van der Waals surface area contributed by atoms with E-state index in [1.807, 2.05) is 0 Å². The number of nitrogens with two attached hydrogens (primary N) is 1. The number of anilines is 1. The van der Waals surface area contributed by atoms with Crippen molar-refractivity contribution in [3.63, 3.8) is 0 Å². The average molecular weight is 507 g/mol. The van der Waals surface area contributed by atoms with E-state index in [9.17, 15) is 36.2 Å². The van der Waals surface area contributed by atoms with Gasteiger partial charge in [-0.15, -0.1) is 10.2 Å². The number of amides is 1. The Kier molecular flexibility index (Phi) is 6.45. The van der Waals surface area contributed by atoms with E-state index in [2.05, 4.69) is 15.2 Å². The standard InChI is InChI=1S/C21H23F6N5O3/c22-20(23,24)12-9-13(28)15-16-30-31-18(35-16)19(34,21(25,26)27)7-2-1-3-8-32(10-11-5-4-6-11)17(33)14(12)29-15/h9,11,34H,1-8,10,28H2/t19-/m1/s1. The van der Waals surface area contributed by atoms with Gasteiger partial charge in [0.15, 0.2) is 5.69 Å². The molecule has 0 spiro atoms. The predicted octanol–water partition coefficient (Wildman–Crippen LogP) is 4.30. The van der Waals surface area contributed by atoms with Crippen molar-refractivity contribution in [3.05, 3.63) is 23.2 Å². The minimum absolute atomic E-state index is 0.0247. The number of carbonyl (C=O) groups excluding carboxylic acids is 1. The number of nitrogens with zero attached hydrogens (tertiary/aromatic N) is 4. The first-order chi connectivity index (χ1) is 16.3. The number of pyridine rings is 1. The highest BCUT2D eigenvalue weighted by atomic mass is 19.4. The zero-order valence-corrected chi connectivity index (χ0v) is 18.4. The monoisotopic (exact) mass is 507 g/mol. The summed E-state index contributed by atoms with van der Waals surface area (Å²) in [6, 6.07) is 0.475. The highest BCUT2D eigenvalue weighted by Crippen LogP contribution is 2.44. The van der Waals surface area contributed by atoms with Gasteiger partial charge in [0.1, 0.15) is 5.69 Å². The van der Waals surface area contributed by atoms with Crippen LogP contribution in [-0.4, -0.2) is 50.4 Å². The molecule has 2 aromatic heterocycles. The Morgan fingerprint density at radius 3 is 2.40 bits per heavy atom. The van der Waals surface area contributed by atoms with Gasteiger partial charge in [0, 0.05) is 13.1 Å². The second-order valence-electron chi connectivity index (χ2n) is 8.95. The maximum absolute atomic E-state index is 13.8. The van der Waals surface area contributed by atoms with Crippen LogP contribution in [0.2, 0.25) is 0 Å². The van der Waals surface area contributed by atoms with E-state index in [1.165, 1.54) is 4.90 Å². The van der Waals surface area contributed by atoms with Gasteiger partial charge in [0.25, 0.3) is 17.7 Å². The van der Waals surface area contributed by atoms with Crippen molar-refractivity contribution >= 4 is 11.6 Å². The largest absolute Gasteiger partial charge is 0.426 e. The number of carbonyl (C=O) groups is 1. The van der Waals surface area contributed by atoms with Crippen molar-refractivity contribution in [2.45, 2.75) is 62.9 Å². The lowest BCUT2D eigenvalue weighted by Crippen LogP contribution is -2.42. The van der Waals surface area contributed by atoms with E-state index in [-0.39, 0.29) is 38.3 Å². The van der Waals surface area contributed by atoms with Crippen LogP contribution in [0.5, 0.6) is 0 Å². The van der Waals surface area contributed by atoms with Crippen molar-refractivity contribution in [1.82, 2.24) is 20.1 Å². The molecule has 0 saturated heterocycles. The maximum atomic E-state index is 13.8. The molecule has 2 aliphatic rings. The maximum Gasteiger partial charge on any atom is 0.426 e. The molecule has 4 bridgehead atoms. The van der Waals surface area contributed by atoms with E-state index in [0.29, 0.717) is 6.07 Å². The topological polar surface area (TPSA) is 118 Å². The number of nitrogen functional groups attached to an aromatic ring is 1. The Morgan fingerprint density at radius 2 is 1.80 bits per heavy atom. The zero-order valence-electron chi connectivity index (χ0n) is 18.4. The van der Waals surface area contributed by atoms with E-state index in [4.69, 9.17) is 10.2 Å². The minimum Gasteiger partial charge on any atom is -0.416 e. The number of fused-ring (bicyclic) bond motifs is 5. The summed E-state index contributed by atoms with van der Waals surface area (Å²) in [5, 5.41) is 17.2. The summed E-state index contributed by atoms with van der Waals surface area (Å²) in [5.74, 6) is -2.77. The molecular weight excluding hydrogens is 484 g/mol. The molecule has 1 fully saturated rings. The molecule has 1 aliphatic carbocycles. The summed E-state index contributed by atoms with van der Waals surface area (Å²) < 4.78 is 87.7. The molecule has 0 aromatic carbocycles. The molecule has 0 radical (unpaired) electrons. The normalized spacial score (nSPS) is 22.6. The van der Waals surface area contributed by atoms with E-state index >= 15 is 0 Å². The summed E-state index contributed by atoms with van der Waals surface area (Å²) in [5.41, 5.74) is -1.29. The Labute approximate surface area is 195 Å². The first-order valence-corrected chi connectivity index (χ1v) is 11.1. The summed E-state index contributed by atoms with van der Waals surface area (Å²) in [4.78, 5) is 18.3. The summed E-state index contributed by atoms with van der Waals surface area (Å²) >= 11 is 0. The molecule has 1 aliphatic heterocycles. The highest BCUT2D eigenvalue weighted by Gasteiger charge is 2.58. The number of aromatic nitrogens is 3. The van der Waals surface area contributed by atoms with E-state index in [1.54, 1.807) is 0 Å². The molecule has 35 heavy (non-hydrogen) atoms. The van der Waals surface area contributed by atoms with Gasteiger partial charge in [0.05, 0.1) is 11.3 Å². The van der Waals surface area contributed by atoms with Gasteiger partial charge in [-0.3, -0.25) is 4.79 Å². The average Bonchev–Trinajstić information content (AvgIpc) is 3.22. The number of rotatable bonds is 2. The molecule has 4 rings (SSSR count). The Hall–Kier alpha value is -2.90. The molecular formula is C21H23F6N5O3. The zero-order chi connectivity index (χ0) is 25.6. The van der Waals surface area contributed by atoms with Gasteiger partial charge >= 0.3 is 12.4 Å².